The summed E-state index contributed by atoms with van der Waals surface area (Å²) in [5.41, 5.74) is 24.3. The highest BCUT2D eigenvalue weighted by molar-refractivity contribution is 7.23. The largest absolute Gasteiger partial charge is 0.369 e. The lowest BCUT2D eigenvalue weighted by atomic mass is 10.3. The van der Waals surface area contributed by atoms with Crippen molar-refractivity contribution in [2.75, 3.05) is 0 Å². The summed E-state index contributed by atoms with van der Waals surface area (Å²) in [6, 6.07) is 0. The Morgan fingerprint density at radius 2 is 1.04 bits per heavy atom. The van der Waals surface area contributed by atoms with E-state index in [9.17, 15) is 0 Å². The van der Waals surface area contributed by atoms with E-state index in [0.29, 0.717) is 11.4 Å². The van der Waals surface area contributed by atoms with Crippen LogP contribution < -0.4 is 22.9 Å². The van der Waals surface area contributed by atoms with Crippen LogP contribution in [0.3, 0.4) is 0 Å². The van der Waals surface area contributed by atoms with Gasteiger partial charge in [0.1, 0.15) is 0 Å². The summed E-state index contributed by atoms with van der Waals surface area (Å²) in [7, 11) is 0. The standard InChI is InChI=1S/C14H20N10S2/c1-5-9(7(3)21-23-13(15)16)25-11(19-5)12-20-6(2)10(26-12)8(4)22-24-14(17)18/h1-4H3,(H4,15,16,23)(H4,17,18,24)/b21-7-,22-8+. The first kappa shape index (κ1) is 19.5. The smallest absolute Gasteiger partial charge is 0.211 e. The average molecular weight is 393 g/mol. The van der Waals surface area contributed by atoms with Crippen molar-refractivity contribution in [1.29, 1.82) is 0 Å². The second-order valence-corrected chi connectivity index (χ2v) is 7.29. The number of rotatable bonds is 5. The zero-order valence-electron chi connectivity index (χ0n) is 14.8. The Hall–Kier alpha value is -2.86. The number of thiazole rings is 2. The molecule has 0 aliphatic heterocycles. The van der Waals surface area contributed by atoms with Gasteiger partial charge in [-0.1, -0.05) is 0 Å². The van der Waals surface area contributed by atoms with Gasteiger partial charge in [0.05, 0.1) is 32.6 Å². The van der Waals surface area contributed by atoms with Crippen LogP contribution in [-0.4, -0.2) is 33.3 Å². The van der Waals surface area contributed by atoms with Gasteiger partial charge in [-0.25, -0.2) is 9.97 Å². The first-order valence-electron chi connectivity index (χ1n) is 7.41. The molecule has 26 heavy (non-hydrogen) atoms. The van der Waals surface area contributed by atoms with Crippen LogP contribution in [0.25, 0.3) is 10.0 Å². The maximum absolute atomic E-state index is 5.31. The van der Waals surface area contributed by atoms with E-state index in [1.807, 2.05) is 27.7 Å². The van der Waals surface area contributed by atoms with E-state index in [2.05, 4.69) is 30.4 Å². The monoisotopic (exact) mass is 392 g/mol. The lowest BCUT2D eigenvalue weighted by Gasteiger charge is -1.94. The first-order chi connectivity index (χ1) is 12.2. The van der Waals surface area contributed by atoms with Crippen LogP contribution in [0.2, 0.25) is 0 Å². The molecule has 0 bridgehead atoms. The summed E-state index contributed by atoms with van der Waals surface area (Å²) in [5.74, 6) is -0.190. The van der Waals surface area contributed by atoms with E-state index in [1.54, 1.807) is 0 Å². The Labute approximate surface area is 158 Å². The Balaban J connectivity index is 2.40. The predicted molar refractivity (Wildman–Crippen MR) is 109 cm³/mol. The first-order valence-corrected chi connectivity index (χ1v) is 9.04. The number of aromatic nitrogens is 2. The van der Waals surface area contributed by atoms with Gasteiger partial charge in [-0.2, -0.15) is 10.2 Å². The molecule has 0 spiro atoms. The molecular weight excluding hydrogens is 372 g/mol. The number of nitrogens with zero attached hydrogens (tertiary/aromatic N) is 6. The second kappa shape index (κ2) is 8.01. The van der Waals surface area contributed by atoms with Crippen molar-refractivity contribution in [3.05, 3.63) is 21.1 Å². The van der Waals surface area contributed by atoms with E-state index >= 15 is 0 Å². The zero-order valence-corrected chi connectivity index (χ0v) is 16.4. The summed E-state index contributed by atoms with van der Waals surface area (Å²) in [4.78, 5) is 11.0. The van der Waals surface area contributed by atoms with E-state index < -0.39 is 0 Å². The van der Waals surface area contributed by atoms with Crippen LogP contribution in [-0.2, 0) is 0 Å². The molecule has 0 unspecified atom stereocenters. The van der Waals surface area contributed by atoms with Crippen molar-refractivity contribution in [3.63, 3.8) is 0 Å². The Morgan fingerprint density at radius 3 is 1.35 bits per heavy atom. The fourth-order valence-electron chi connectivity index (χ4n) is 2.00. The normalized spacial score (nSPS) is 12.2. The van der Waals surface area contributed by atoms with E-state index in [1.165, 1.54) is 22.7 Å². The van der Waals surface area contributed by atoms with E-state index in [-0.39, 0.29) is 11.9 Å². The number of aryl methyl sites for hydroxylation is 2. The predicted octanol–water partition coefficient (Wildman–Crippen LogP) is 0.878. The van der Waals surface area contributed by atoms with Crippen LogP contribution in [0.1, 0.15) is 35.0 Å². The van der Waals surface area contributed by atoms with Gasteiger partial charge in [0.2, 0.25) is 11.9 Å². The zero-order chi connectivity index (χ0) is 19.4. The van der Waals surface area contributed by atoms with Crippen molar-refractivity contribution >= 4 is 46.0 Å². The second-order valence-electron chi connectivity index (χ2n) is 5.29. The Morgan fingerprint density at radius 1 is 0.692 bits per heavy atom. The molecular formula is C14H20N10S2. The molecule has 10 nitrogen and oxygen atoms in total. The van der Waals surface area contributed by atoms with Crippen LogP contribution in [0.4, 0.5) is 0 Å². The van der Waals surface area contributed by atoms with Crippen molar-refractivity contribution in [2.45, 2.75) is 27.7 Å². The minimum Gasteiger partial charge on any atom is -0.369 e. The van der Waals surface area contributed by atoms with Crippen molar-refractivity contribution in [1.82, 2.24) is 9.97 Å². The van der Waals surface area contributed by atoms with Crippen LogP contribution in [0.5, 0.6) is 0 Å². The van der Waals surface area contributed by atoms with Gasteiger partial charge < -0.3 is 22.9 Å². The highest BCUT2D eigenvalue weighted by Crippen LogP contribution is 2.33. The molecule has 2 heterocycles. The maximum Gasteiger partial charge on any atom is 0.211 e. The summed E-state index contributed by atoms with van der Waals surface area (Å²) < 4.78 is 0. The van der Waals surface area contributed by atoms with Gasteiger partial charge in [0.25, 0.3) is 0 Å². The van der Waals surface area contributed by atoms with Crippen molar-refractivity contribution < 1.29 is 0 Å². The lowest BCUT2D eigenvalue weighted by Crippen LogP contribution is -2.22. The quantitative estimate of drug-likeness (QED) is 0.333. The molecule has 8 N–H and O–H groups in total. The molecule has 0 radical (unpaired) electrons. The summed E-state index contributed by atoms with van der Waals surface area (Å²) in [5, 5.41) is 16.9. The number of hydrogen-bond acceptors (Lipinski definition) is 8. The highest BCUT2D eigenvalue weighted by Gasteiger charge is 2.17. The van der Waals surface area contributed by atoms with Crippen LogP contribution in [0, 0.1) is 13.8 Å². The van der Waals surface area contributed by atoms with Gasteiger partial charge >= 0.3 is 0 Å². The summed E-state index contributed by atoms with van der Waals surface area (Å²) >= 11 is 2.94. The molecule has 0 aliphatic rings. The molecule has 138 valence electrons. The fourth-order valence-corrected chi connectivity index (χ4v) is 4.03. The van der Waals surface area contributed by atoms with Gasteiger partial charge in [0, 0.05) is 0 Å². The molecule has 0 fully saturated rings. The van der Waals surface area contributed by atoms with Gasteiger partial charge in [-0.15, -0.1) is 32.9 Å². The SMILES string of the molecule is C/C(=N/N=C(N)N)c1sc(-c2nc(C)c(/C(C)=N/N=C(N)N)s2)nc1C. The van der Waals surface area contributed by atoms with E-state index in [4.69, 9.17) is 22.9 Å². The number of nitrogens with two attached hydrogens (primary N) is 4. The highest BCUT2D eigenvalue weighted by atomic mass is 32.1. The Kier molecular flexibility index (Phi) is 6.00. The molecule has 0 amide bonds. The lowest BCUT2D eigenvalue weighted by molar-refractivity contribution is 1.18. The summed E-state index contributed by atoms with van der Waals surface area (Å²) in [6.45, 7) is 7.44. The maximum atomic E-state index is 5.31. The Bertz CT molecular complexity index is 847. The van der Waals surface area contributed by atoms with Gasteiger partial charge in [-0.3, -0.25) is 0 Å². The van der Waals surface area contributed by atoms with Gasteiger partial charge in [0.15, 0.2) is 10.0 Å². The molecule has 0 atom stereocenters. The van der Waals surface area contributed by atoms with Gasteiger partial charge in [-0.05, 0) is 27.7 Å². The molecule has 2 aromatic rings. The van der Waals surface area contributed by atoms with E-state index in [0.717, 1.165) is 31.2 Å². The van der Waals surface area contributed by atoms with Crippen molar-refractivity contribution in [3.8, 4) is 10.0 Å². The van der Waals surface area contributed by atoms with Crippen molar-refractivity contribution in [2.24, 2.45) is 43.3 Å². The number of hydrogen-bond donors (Lipinski definition) is 4. The molecule has 0 saturated heterocycles. The average Bonchev–Trinajstić information content (AvgIpc) is 3.13. The third-order valence-electron chi connectivity index (χ3n) is 3.06. The number of guanidine groups is 2. The third kappa shape index (κ3) is 4.61. The molecule has 12 heteroatoms. The molecule has 0 aliphatic carbocycles. The topological polar surface area (TPSA) is 179 Å². The molecule has 2 aromatic heterocycles. The summed E-state index contributed by atoms with van der Waals surface area (Å²) in [6.07, 6.45) is 0. The minimum atomic E-state index is -0.0949. The molecule has 0 aromatic carbocycles. The minimum absolute atomic E-state index is 0.0949. The van der Waals surface area contributed by atoms with Crippen LogP contribution >= 0.6 is 22.7 Å². The molecule has 2 rings (SSSR count). The fraction of sp³-hybridized carbons (Fsp3) is 0.286. The third-order valence-corrected chi connectivity index (χ3v) is 5.74. The van der Waals surface area contributed by atoms with Crippen LogP contribution in [0.15, 0.2) is 20.4 Å². The molecule has 0 saturated carbocycles.